The number of aromatic amines is 1. The third-order valence-corrected chi connectivity index (χ3v) is 3.79. The molecular formula is C13H11N5S. The molecule has 5 nitrogen and oxygen atoms in total. The van der Waals surface area contributed by atoms with E-state index in [-0.39, 0.29) is 0 Å². The van der Waals surface area contributed by atoms with Gasteiger partial charge in [0.1, 0.15) is 5.69 Å². The van der Waals surface area contributed by atoms with E-state index in [2.05, 4.69) is 44.1 Å². The van der Waals surface area contributed by atoms with Gasteiger partial charge in [-0.05, 0) is 29.6 Å². The highest BCUT2D eigenvalue weighted by Crippen LogP contribution is 2.30. The zero-order valence-electron chi connectivity index (χ0n) is 9.92. The fourth-order valence-corrected chi connectivity index (χ4v) is 2.82. The number of hydrogen-bond donors (Lipinski definition) is 3. The number of aromatic nitrogens is 2. The summed E-state index contributed by atoms with van der Waals surface area (Å²) in [6, 6.07) is 8.29. The summed E-state index contributed by atoms with van der Waals surface area (Å²) in [5.41, 5.74) is 10.2. The summed E-state index contributed by atoms with van der Waals surface area (Å²) in [5, 5.41) is 14.7. The zero-order chi connectivity index (χ0) is 12.7. The maximum atomic E-state index is 4.41. The number of fused-ring (bicyclic) bond motifs is 1. The predicted molar refractivity (Wildman–Crippen MR) is 77.3 cm³/mol. The normalized spacial score (nSPS) is 14.2. The molecule has 1 aromatic carbocycles. The van der Waals surface area contributed by atoms with Gasteiger partial charge in [-0.25, -0.2) is 0 Å². The molecule has 0 unspecified atom stereocenters. The molecule has 0 bridgehead atoms. The van der Waals surface area contributed by atoms with Gasteiger partial charge in [0.2, 0.25) is 0 Å². The molecule has 0 fully saturated rings. The van der Waals surface area contributed by atoms with E-state index in [1.165, 1.54) is 0 Å². The van der Waals surface area contributed by atoms with E-state index < -0.39 is 0 Å². The molecule has 3 heterocycles. The van der Waals surface area contributed by atoms with Crippen LogP contribution in [0.25, 0.3) is 22.2 Å². The van der Waals surface area contributed by atoms with E-state index in [4.69, 9.17) is 0 Å². The lowest BCUT2D eigenvalue weighted by molar-refractivity contribution is 0.680. The third-order valence-electron chi connectivity index (χ3n) is 3.11. The van der Waals surface area contributed by atoms with E-state index in [0.717, 1.165) is 27.8 Å². The van der Waals surface area contributed by atoms with Crippen molar-refractivity contribution in [3.8, 4) is 11.3 Å². The first kappa shape index (κ1) is 10.6. The highest BCUT2D eigenvalue weighted by Gasteiger charge is 2.12. The monoisotopic (exact) mass is 269 g/mol. The van der Waals surface area contributed by atoms with Crippen molar-refractivity contribution >= 4 is 27.9 Å². The molecule has 1 aliphatic heterocycles. The molecule has 2 aromatic heterocycles. The van der Waals surface area contributed by atoms with Crippen molar-refractivity contribution in [1.29, 1.82) is 0 Å². The van der Waals surface area contributed by atoms with Gasteiger partial charge in [-0.3, -0.25) is 10.1 Å². The van der Waals surface area contributed by atoms with E-state index in [9.17, 15) is 0 Å². The number of hydrazine groups is 2. The first-order valence-corrected chi connectivity index (χ1v) is 6.84. The van der Waals surface area contributed by atoms with Crippen LogP contribution < -0.4 is 16.0 Å². The number of hydrogen-bond acceptors (Lipinski definition) is 5. The van der Waals surface area contributed by atoms with Crippen molar-refractivity contribution in [1.82, 2.24) is 21.2 Å². The van der Waals surface area contributed by atoms with Crippen molar-refractivity contribution < 1.29 is 0 Å². The van der Waals surface area contributed by atoms with Gasteiger partial charge >= 0.3 is 0 Å². The summed E-state index contributed by atoms with van der Waals surface area (Å²) in [4.78, 5) is 0. The second-order valence-corrected chi connectivity index (χ2v) is 5.04. The maximum absolute atomic E-state index is 4.41. The molecule has 19 heavy (non-hydrogen) atoms. The molecule has 0 spiro atoms. The molecule has 6 heteroatoms. The van der Waals surface area contributed by atoms with Crippen LogP contribution in [0.5, 0.6) is 0 Å². The summed E-state index contributed by atoms with van der Waals surface area (Å²) in [7, 11) is 0. The van der Waals surface area contributed by atoms with Gasteiger partial charge in [-0.15, -0.1) is 5.53 Å². The van der Waals surface area contributed by atoms with Crippen LogP contribution in [0.2, 0.25) is 0 Å². The molecule has 0 radical (unpaired) electrons. The number of nitrogens with one attached hydrogen (secondary N) is 3. The number of thiophene rings is 1. The van der Waals surface area contributed by atoms with Crippen LogP contribution >= 0.6 is 11.3 Å². The zero-order valence-corrected chi connectivity index (χ0v) is 10.7. The van der Waals surface area contributed by atoms with Gasteiger partial charge in [-0.2, -0.15) is 16.4 Å². The molecule has 94 valence electrons. The number of anilines is 1. The van der Waals surface area contributed by atoms with Crippen LogP contribution in [-0.4, -0.2) is 10.2 Å². The summed E-state index contributed by atoms with van der Waals surface area (Å²) < 4.78 is 0. The first-order chi connectivity index (χ1) is 9.42. The quantitative estimate of drug-likeness (QED) is 0.669. The van der Waals surface area contributed by atoms with E-state index in [0.29, 0.717) is 0 Å². The lowest BCUT2D eigenvalue weighted by Crippen LogP contribution is -2.35. The highest BCUT2D eigenvalue weighted by atomic mass is 32.1. The third kappa shape index (κ3) is 1.69. The predicted octanol–water partition coefficient (Wildman–Crippen LogP) is 2.59. The van der Waals surface area contributed by atoms with Gasteiger partial charge in [0, 0.05) is 28.7 Å². The Labute approximate surface area is 113 Å². The fraction of sp³-hybridized carbons (Fsp3) is 0. The van der Waals surface area contributed by atoms with Crippen molar-refractivity contribution in [2.75, 3.05) is 5.01 Å². The van der Waals surface area contributed by atoms with E-state index in [1.807, 2.05) is 29.5 Å². The Balaban J connectivity index is 1.87. The van der Waals surface area contributed by atoms with Gasteiger partial charge in [0.05, 0.1) is 11.2 Å². The Bertz CT molecular complexity index is 744. The van der Waals surface area contributed by atoms with Crippen LogP contribution in [0.1, 0.15) is 0 Å². The maximum Gasteiger partial charge on any atom is 0.101 e. The molecule has 0 atom stereocenters. The summed E-state index contributed by atoms with van der Waals surface area (Å²) in [5.74, 6) is 0. The molecule has 0 saturated heterocycles. The number of rotatable bonds is 2. The number of benzene rings is 1. The minimum absolute atomic E-state index is 0.995. The molecule has 3 aromatic rings. The molecule has 0 amide bonds. The van der Waals surface area contributed by atoms with Crippen LogP contribution in [-0.2, 0) is 0 Å². The lowest BCUT2D eigenvalue weighted by atomic mass is 10.1. The topological polar surface area (TPSA) is 56.0 Å². The molecule has 0 aliphatic carbocycles. The van der Waals surface area contributed by atoms with Crippen molar-refractivity contribution in [3.63, 3.8) is 0 Å². The summed E-state index contributed by atoms with van der Waals surface area (Å²) in [6.45, 7) is 0. The average Bonchev–Trinajstić information content (AvgIpc) is 3.18. The average molecular weight is 269 g/mol. The Morgan fingerprint density at radius 1 is 1.21 bits per heavy atom. The van der Waals surface area contributed by atoms with Gasteiger partial charge < -0.3 is 5.43 Å². The molecule has 1 aliphatic rings. The van der Waals surface area contributed by atoms with Crippen molar-refractivity contribution in [2.24, 2.45) is 0 Å². The summed E-state index contributed by atoms with van der Waals surface area (Å²) >= 11 is 1.68. The second-order valence-electron chi connectivity index (χ2n) is 4.26. The molecule has 3 N–H and O–H groups in total. The molecule has 0 saturated carbocycles. The minimum Gasteiger partial charge on any atom is -0.309 e. The Morgan fingerprint density at radius 3 is 3.00 bits per heavy atom. The summed E-state index contributed by atoms with van der Waals surface area (Å²) in [6.07, 6.45) is 3.78. The van der Waals surface area contributed by atoms with E-state index >= 15 is 0 Å². The largest absolute Gasteiger partial charge is 0.309 e. The minimum atomic E-state index is 0.995. The lowest BCUT2D eigenvalue weighted by Gasteiger charge is -2.15. The van der Waals surface area contributed by atoms with Crippen molar-refractivity contribution in [2.45, 2.75) is 0 Å². The molecular weight excluding hydrogens is 258 g/mol. The van der Waals surface area contributed by atoms with Gasteiger partial charge in [0.15, 0.2) is 0 Å². The van der Waals surface area contributed by atoms with Crippen molar-refractivity contribution in [3.05, 3.63) is 47.4 Å². The van der Waals surface area contributed by atoms with Crippen LogP contribution in [0.4, 0.5) is 5.69 Å². The highest BCUT2D eigenvalue weighted by molar-refractivity contribution is 7.08. The smallest absolute Gasteiger partial charge is 0.101 e. The van der Waals surface area contributed by atoms with E-state index in [1.54, 1.807) is 11.3 Å². The van der Waals surface area contributed by atoms with Gasteiger partial charge in [-0.1, -0.05) is 0 Å². The molecule has 4 rings (SSSR count). The Morgan fingerprint density at radius 2 is 2.21 bits per heavy atom. The number of nitrogens with zero attached hydrogens (tertiary/aromatic N) is 2. The first-order valence-electron chi connectivity index (χ1n) is 5.89. The Hall–Kier alpha value is -2.31. The van der Waals surface area contributed by atoms with Crippen LogP contribution in [0, 0.1) is 0 Å². The second kappa shape index (κ2) is 4.11. The standard InChI is InChI=1S/C13H11N5S/c1-2-12-11(7-10(1)18-5-4-14-17-18)13(16-15-12)9-3-6-19-8-9/h1-8,14,17H,(H,15,16). The van der Waals surface area contributed by atoms with Gasteiger partial charge in [0.25, 0.3) is 0 Å². The Kier molecular flexibility index (Phi) is 2.29. The van der Waals surface area contributed by atoms with Crippen LogP contribution in [0.3, 0.4) is 0 Å². The van der Waals surface area contributed by atoms with Crippen LogP contribution in [0.15, 0.2) is 47.4 Å². The fourth-order valence-electron chi connectivity index (χ4n) is 2.18. The number of H-pyrrole nitrogens is 1. The SMILES string of the molecule is C1=CN(c2ccc3[nH]nc(-c4ccsc4)c3c2)NN1.